The number of rotatable bonds is 40. The van der Waals surface area contributed by atoms with E-state index in [1.54, 1.807) is 0 Å². The lowest BCUT2D eigenvalue weighted by molar-refractivity contribution is -0.167. The van der Waals surface area contributed by atoms with Gasteiger partial charge in [0, 0.05) is 19.3 Å². The lowest BCUT2D eigenvalue weighted by Crippen LogP contribution is -2.30. The zero-order chi connectivity index (χ0) is 38.3. The maximum absolute atomic E-state index is 12.7. The smallest absolute Gasteiger partial charge is 0.306 e. The van der Waals surface area contributed by atoms with Gasteiger partial charge in [0.1, 0.15) is 13.2 Å². The van der Waals surface area contributed by atoms with Gasteiger partial charge in [0.05, 0.1) is 0 Å². The Kier molecular flexibility index (Phi) is 37.9. The van der Waals surface area contributed by atoms with Crippen LogP contribution in [0.15, 0.2) is 0 Å². The van der Waals surface area contributed by atoms with Crippen LogP contribution in [0.4, 0.5) is 0 Å². The van der Waals surface area contributed by atoms with Gasteiger partial charge in [-0.25, -0.2) is 0 Å². The van der Waals surface area contributed by atoms with Crippen LogP contribution in [0.3, 0.4) is 0 Å². The van der Waals surface area contributed by atoms with Gasteiger partial charge in [-0.3, -0.25) is 14.4 Å². The predicted molar refractivity (Wildman–Crippen MR) is 220 cm³/mol. The molecule has 0 saturated heterocycles. The van der Waals surface area contributed by atoms with Crippen molar-refractivity contribution in [3.63, 3.8) is 0 Å². The summed E-state index contributed by atoms with van der Waals surface area (Å²) in [5, 5.41) is 0. The first-order valence-electron chi connectivity index (χ1n) is 22.8. The molecule has 52 heavy (non-hydrogen) atoms. The van der Waals surface area contributed by atoms with Crippen LogP contribution >= 0.6 is 0 Å². The Balaban J connectivity index is 4.32. The van der Waals surface area contributed by atoms with Crippen LogP contribution in [-0.4, -0.2) is 37.2 Å². The van der Waals surface area contributed by atoms with Crippen LogP contribution in [0.1, 0.15) is 247 Å². The summed E-state index contributed by atoms with van der Waals surface area (Å²) in [7, 11) is 0. The number of unbranched alkanes of at least 4 members (excludes halogenated alkanes) is 24. The first-order chi connectivity index (χ1) is 25.3. The molecular weight excluding hydrogens is 648 g/mol. The summed E-state index contributed by atoms with van der Waals surface area (Å²) in [5.41, 5.74) is 0. The molecule has 0 bridgehead atoms. The van der Waals surface area contributed by atoms with Gasteiger partial charge in [0.2, 0.25) is 0 Å². The monoisotopic (exact) mass is 737 g/mol. The molecule has 0 saturated carbocycles. The van der Waals surface area contributed by atoms with E-state index in [0.717, 1.165) is 69.6 Å². The van der Waals surface area contributed by atoms with Crippen LogP contribution in [0.5, 0.6) is 0 Å². The van der Waals surface area contributed by atoms with E-state index in [-0.39, 0.29) is 31.1 Å². The Bertz CT molecular complexity index is 796. The molecule has 0 rings (SSSR count). The molecule has 0 aliphatic rings. The minimum atomic E-state index is -0.760. The predicted octanol–water partition coefficient (Wildman–Crippen LogP) is 14.2. The molecule has 0 N–H and O–H groups in total. The standard InChI is InChI=1S/C46H88O6/c1-6-8-9-10-11-12-16-21-26-31-36-44(47)50-39-43(52-46(49)38-33-28-23-18-19-24-29-34-41(3)4)40-51-45(48)37-32-27-22-17-14-13-15-20-25-30-35-42(5)7-2/h41-43H,6-40H2,1-5H3/t42?,43-/m1/s1. The number of hydrogen-bond acceptors (Lipinski definition) is 6. The van der Waals surface area contributed by atoms with Crippen molar-refractivity contribution in [2.45, 2.75) is 253 Å². The molecule has 0 aromatic carbocycles. The highest BCUT2D eigenvalue weighted by molar-refractivity contribution is 5.71. The molecule has 0 spiro atoms. The van der Waals surface area contributed by atoms with Crippen molar-refractivity contribution in [1.29, 1.82) is 0 Å². The zero-order valence-corrected chi connectivity index (χ0v) is 35.4. The van der Waals surface area contributed by atoms with Crippen molar-refractivity contribution in [3.05, 3.63) is 0 Å². The third-order valence-corrected chi connectivity index (χ3v) is 10.6. The average molecular weight is 737 g/mol. The second-order valence-electron chi connectivity index (χ2n) is 16.4. The van der Waals surface area contributed by atoms with E-state index in [2.05, 4.69) is 34.6 Å². The minimum Gasteiger partial charge on any atom is -0.462 e. The molecule has 1 unspecified atom stereocenters. The summed E-state index contributed by atoms with van der Waals surface area (Å²) < 4.78 is 16.7. The highest BCUT2D eigenvalue weighted by atomic mass is 16.6. The van der Waals surface area contributed by atoms with Crippen LogP contribution in [0.2, 0.25) is 0 Å². The van der Waals surface area contributed by atoms with E-state index in [0.29, 0.717) is 19.3 Å². The van der Waals surface area contributed by atoms with E-state index < -0.39 is 6.10 Å². The van der Waals surface area contributed by atoms with Gasteiger partial charge in [-0.15, -0.1) is 0 Å². The molecule has 0 fully saturated rings. The number of esters is 3. The summed E-state index contributed by atoms with van der Waals surface area (Å²) in [6.07, 6.45) is 36.6. The van der Waals surface area contributed by atoms with E-state index in [1.807, 2.05) is 0 Å². The van der Waals surface area contributed by atoms with Crippen molar-refractivity contribution >= 4 is 17.9 Å². The highest BCUT2D eigenvalue weighted by Gasteiger charge is 2.19. The molecule has 0 aliphatic heterocycles. The molecule has 2 atom stereocenters. The van der Waals surface area contributed by atoms with Crippen molar-refractivity contribution in [1.82, 2.24) is 0 Å². The van der Waals surface area contributed by atoms with Gasteiger partial charge < -0.3 is 14.2 Å². The van der Waals surface area contributed by atoms with Crippen LogP contribution < -0.4 is 0 Å². The summed E-state index contributed by atoms with van der Waals surface area (Å²) >= 11 is 0. The van der Waals surface area contributed by atoms with Crippen molar-refractivity contribution in [2.75, 3.05) is 13.2 Å². The Morgan fingerprint density at radius 1 is 0.404 bits per heavy atom. The molecular formula is C46H88O6. The Labute approximate surface area is 323 Å². The van der Waals surface area contributed by atoms with Gasteiger partial charge in [-0.1, -0.05) is 208 Å². The second-order valence-corrected chi connectivity index (χ2v) is 16.4. The minimum absolute atomic E-state index is 0.0656. The first kappa shape index (κ1) is 50.4. The zero-order valence-electron chi connectivity index (χ0n) is 35.4. The third kappa shape index (κ3) is 38.1. The molecule has 6 nitrogen and oxygen atoms in total. The number of ether oxygens (including phenoxy) is 3. The quantitative estimate of drug-likeness (QED) is 0.0354. The first-order valence-corrected chi connectivity index (χ1v) is 22.8. The van der Waals surface area contributed by atoms with Gasteiger partial charge in [-0.05, 0) is 31.1 Å². The van der Waals surface area contributed by atoms with Gasteiger partial charge >= 0.3 is 17.9 Å². The van der Waals surface area contributed by atoms with E-state index >= 15 is 0 Å². The molecule has 0 aromatic heterocycles. The molecule has 0 amide bonds. The number of hydrogen-bond donors (Lipinski definition) is 0. The number of carbonyl (C=O) groups is 3. The fourth-order valence-electron chi connectivity index (χ4n) is 6.72. The van der Waals surface area contributed by atoms with E-state index in [1.165, 1.54) is 135 Å². The van der Waals surface area contributed by atoms with Gasteiger partial charge in [-0.2, -0.15) is 0 Å². The molecule has 0 heterocycles. The largest absolute Gasteiger partial charge is 0.462 e. The Hall–Kier alpha value is -1.59. The second kappa shape index (κ2) is 39.1. The molecule has 0 aromatic rings. The van der Waals surface area contributed by atoms with Crippen molar-refractivity contribution in [2.24, 2.45) is 11.8 Å². The summed E-state index contributed by atoms with van der Waals surface area (Å²) in [6.45, 7) is 11.3. The van der Waals surface area contributed by atoms with Gasteiger partial charge in [0.25, 0.3) is 0 Å². The van der Waals surface area contributed by atoms with Crippen LogP contribution in [0, 0.1) is 11.8 Å². The highest BCUT2D eigenvalue weighted by Crippen LogP contribution is 2.17. The Morgan fingerprint density at radius 2 is 0.731 bits per heavy atom. The fraction of sp³-hybridized carbons (Fsp3) is 0.935. The summed E-state index contributed by atoms with van der Waals surface area (Å²) in [4.78, 5) is 37.6. The fourth-order valence-corrected chi connectivity index (χ4v) is 6.72. The van der Waals surface area contributed by atoms with Gasteiger partial charge in [0.15, 0.2) is 6.10 Å². The molecule has 308 valence electrons. The Morgan fingerprint density at radius 3 is 1.10 bits per heavy atom. The molecule has 0 radical (unpaired) electrons. The topological polar surface area (TPSA) is 78.9 Å². The SMILES string of the molecule is CCCCCCCCCCCCC(=O)OC[C@H](COC(=O)CCCCCCCCCCCCC(C)CC)OC(=O)CCCCCCCCCC(C)C. The lowest BCUT2D eigenvalue weighted by atomic mass is 9.99. The maximum atomic E-state index is 12.7. The normalized spacial score (nSPS) is 12.6. The number of carbonyl (C=O) groups excluding carboxylic acids is 3. The van der Waals surface area contributed by atoms with E-state index in [9.17, 15) is 14.4 Å². The lowest BCUT2D eigenvalue weighted by Gasteiger charge is -2.18. The van der Waals surface area contributed by atoms with Crippen molar-refractivity contribution in [3.8, 4) is 0 Å². The van der Waals surface area contributed by atoms with Crippen LogP contribution in [0.25, 0.3) is 0 Å². The average Bonchev–Trinajstić information content (AvgIpc) is 3.12. The molecule has 0 aliphatic carbocycles. The van der Waals surface area contributed by atoms with E-state index in [4.69, 9.17) is 14.2 Å². The van der Waals surface area contributed by atoms with Crippen LogP contribution in [-0.2, 0) is 28.6 Å². The van der Waals surface area contributed by atoms with Crippen molar-refractivity contribution < 1.29 is 28.6 Å². The maximum Gasteiger partial charge on any atom is 0.306 e. The summed E-state index contributed by atoms with van der Waals surface area (Å²) in [5.74, 6) is 0.786. The summed E-state index contributed by atoms with van der Waals surface area (Å²) in [6, 6.07) is 0. The third-order valence-electron chi connectivity index (χ3n) is 10.6. The molecule has 6 heteroatoms.